The van der Waals surface area contributed by atoms with Crippen LogP contribution in [0, 0.1) is 0 Å². The number of aromatic nitrogens is 1. The molecule has 2 N–H and O–H groups in total. The average molecular weight is 585 g/mol. The molecule has 3 aliphatic rings. The van der Waals surface area contributed by atoms with Crippen LogP contribution in [0.1, 0.15) is 47.0 Å². The zero-order valence-electron chi connectivity index (χ0n) is 18.6. The van der Waals surface area contributed by atoms with Gasteiger partial charge in [-0.15, -0.1) is 0 Å². The van der Waals surface area contributed by atoms with Gasteiger partial charge < -0.3 is 19.3 Å². The minimum atomic E-state index is -0.577. The van der Waals surface area contributed by atoms with Crippen molar-refractivity contribution in [2.75, 3.05) is 26.2 Å². The number of halogens is 1. The molecule has 11 heteroatoms. The molecule has 2 saturated heterocycles. The van der Waals surface area contributed by atoms with Crippen LogP contribution in [0.3, 0.4) is 0 Å². The van der Waals surface area contributed by atoms with Gasteiger partial charge in [-0.2, -0.15) is 0 Å². The highest BCUT2D eigenvalue weighted by Crippen LogP contribution is 2.35. The summed E-state index contributed by atoms with van der Waals surface area (Å²) in [6, 6.07) is 0.356. The Morgan fingerprint density at radius 3 is 2.91 bits per heavy atom. The molecule has 4 rings (SSSR count). The summed E-state index contributed by atoms with van der Waals surface area (Å²) in [4.78, 5) is 43.5. The Morgan fingerprint density at radius 1 is 1.33 bits per heavy atom. The molecule has 1 unspecified atom stereocenters. The lowest BCUT2D eigenvalue weighted by molar-refractivity contribution is 0.0454. The van der Waals surface area contributed by atoms with E-state index in [4.69, 9.17) is 4.52 Å². The van der Waals surface area contributed by atoms with Crippen LogP contribution in [0.25, 0.3) is 0 Å². The number of nitrogens with zero attached hydrogens (tertiary/aromatic N) is 3. The minimum absolute atomic E-state index is 0.0249. The number of allylic oxidation sites excluding steroid dienone is 2. The third-order valence-electron chi connectivity index (χ3n) is 6.49. The van der Waals surface area contributed by atoms with Crippen LogP contribution in [0.5, 0.6) is 5.75 Å². The molecule has 0 spiro atoms. The molecule has 1 aromatic heterocycles. The number of amides is 2. The summed E-state index contributed by atoms with van der Waals surface area (Å²) >= 11 is 2.07. The predicted molar refractivity (Wildman–Crippen MR) is 137 cm³/mol. The highest BCUT2D eigenvalue weighted by Gasteiger charge is 2.47. The number of carbonyl (C=O) groups excluding carboxylic acids is 2. The predicted octanol–water partition coefficient (Wildman–Crippen LogP) is 1.84. The number of piperidine rings is 1. The number of carbonyl (C=O) groups is 2. The highest BCUT2D eigenvalue weighted by molar-refractivity contribution is 14.1. The number of hydrogen-bond acceptors (Lipinski definition) is 6. The van der Waals surface area contributed by atoms with Gasteiger partial charge in [0, 0.05) is 61.3 Å². The normalized spacial score (nSPS) is 22.8. The first kappa shape index (κ1) is 24.4. The molecule has 178 valence electrons. The van der Waals surface area contributed by atoms with Gasteiger partial charge in [0.05, 0.1) is 16.0 Å². The van der Waals surface area contributed by atoms with Crippen LogP contribution < -0.4 is 18.8 Å². The Kier molecular flexibility index (Phi) is 7.88. The zero-order chi connectivity index (χ0) is 23.5. The fraction of sp³-hybridized carbons (Fsp3) is 0.500. The molecule has 2 amide bonds. The molecule has 3 atom stereocenters. The van der Waals surface area contributed by atoms with Crippen molar-refractivity contribution in [3.63, 3.8) is 0 Å². The Hall–Kier alpha value is -1.75. The molecule has 0 aromatic carbocycles. The van der Waals surface area contributed by atoms with Crippen molar-refractivity contribution in [2.24, 2.45) is 0 Å². The van der Waals surface area contributed by atoms with E-state index in [9.17, 15) is 14.4 Å². The molecule has 0 aliphatic carbocycles. The zero-order valence-corrected chi connectivity index (χ0v) is 21.9. The fourth-order valence-corrected chi connectivity index (χ4v) is 5.34. The Balaban J connectivity index is 1.58. The van der Waals surface area contributed by atoms with Crippen molar-refractivity contribution in [2.45, 2.75) is 44.9 Å². The van der Waals surface area contributed by atoms with E-state index in [2.05, 4.69) is 36.6 Å². The van der Waals surface area contributed by atoms with Crippen LogP contribution in [0.2, 0.25) is 0 Å². The van der Waals surface area contributed by atoms with Gasteiger partial charge in [0.1, 0.15) is 11.7 Å². The molecule has 0 bridgehead atoms. The number of rotatable bonds is 7. The van der Waals surface area contributed by atoms with Crippen LogP contribution in [0.15, 0.2) is 34.8 Å². The van der Waals surface area contributed by atoms with Crippen molar-refractivity contribution in [1.29, 1.82) is 0 Å². The molecular weight excluding hydrogens is 556 g/mol. The Labute approximate surface area is 209 Å². The average Bonchev–Trinajstić information content (AvgIpc) is 3.19. The van der Waals surface area contributed by atoms with E-state index in [1.54, 1.807) is 4.57 Å². The summed E-state index contributed by atoms with van der Waals surface area (Å²) in [5, 5.41) is 2.80. The second kappa shape index (κ2) is 10.7. The molecule has 1 aromatic rings. The van der Waals surface area contributed by atoms with Crippen molar-refractivity contribution < 1.29 is 14.1 Å². The Bertz CT molecular complexity index is 1060. The van der Waals surface area contributed by atoms with Crippen molar-refractivity contribution in [3.8, 4) is 5.75 Å². The van der Waals surface area contributed by atoms with E-state index in [0.717, 1.165) is 31.5 Å². The van der Waals surface area contributed by atoms with Crippen LogP contribution >= 0.6 is 32.3 Å². The quantitative estimate of drug-likeness (QED) is 0.220. The molecule has 9 nitrogen and oxygen atoms in total. The number of fused-ring (bicyclic) bond motifs is 4. The largest absolute Gasteiger partial charge is 0.474 e. The van der Waals surface area contributed by atoms with Gasteiger partial charge in [-0.05, 0) is 19.8 Å². The maximum atomic E-state index is 13.3. The lowest BCUT2D eigenvalue weighted by atomic mass is 10.0. The summed E-state index contributed by atoms with van der Waals surface area (Å²) in [6.45, 7) is 5.10. The van der Waals surface area contributed by atoms with Crippen LogP contribution in [-0.2, 0) is 6.54 Å². The lowest BCUT2D eigenvalue weighted by Crippen LogP contribution is -2.51. The van der Waals surface area contributed by atoms with E-state index in [0.29, 0.717) is 25.7 Å². The van der Waals surface area contributed by atoms with E-state index in [1.807, 2.05) is 39.5 Å². The van der Waals surface area contributed by atoms with E-state index in [1.165, 1.54) is 12.6 Å². The third kappa shape index (κ3) is 4.89. The van der Waals surface area contributed by atoms with Gasteiger partial charge in [-0.25, -0.2) is 0 Å². The van der Waals surface area contributed by atoms with Crippen LogP contribution in [-0.4, -0.2) is 64.6 Å². The smallest absolute Gasteiger partial charge is 0.275 e. The molecule has 4 heterocycles. The van der Waals surface area contributed by atoms with Gasteiger partial charge in [-0.3, -0.25) is 22.8 Å². The molecule has 33 heavy (non-hydrogen) atoms. The van der Waals surface area contributed by atoms with Gasteiger partial charge >= 0.3 is 0 Å². The van der Waals surface area contributed by atoms with E-state index < -0.39 is 11.3 Å². The minimum Gasteiger partial charge on any atom is -0.474 e. The lowest BCUT2D eigenvalue weighted by Gasteiger charge is -2.38. The van der Waals surface area contributed by atoms with Crippen LogP contribution in [0.4, 0.5) is 0 Å². The van der Waals surface area contributed by atoms with Gasteiger partial charge in [0.15, 0.2) is 11.4 Å². The second-order valence-corrected chi connectivity index (χ2v) is 9.61. The molecular formula is C22H29IN5O4P. The van der Waals surface area contributed by atoms with Gasteiger partial charge in [-0.1, -0.05) is 30.2 Å². The first-order chi connectivity index (χ1) is 16.0. The van der Waals surface area contributed by atoms with Crippen molar-refractivity contribution in [3.05, 3.63) is 51.5 Å². The molecule has 0 saturated carbocycles. The maximum absolute atomic E-state index is 13.3. The van der Waals surface area contributed by atoms with Crippen molar-refractivity contribution >= 4 is 44.1 Å². The molecule has 3 aliphatic heterocycles. The second-order valence-electron chi connectivity index (χ2n) is 8.61. The first-order valence-corrected chi connectivity index (χ1v) is 12.7. The number of hydrogen-bond donors (Lipinski definition) is 2. The third-order valence-corrected chi connectivity index (χ3v) is 7.16. The standard InChI is InChI=1S/C22H29IN5O4P/c1-14(6-2-4-8-25-23)10-24-21(30)16-12-26-13-17-27-9-5-3-7-15(27)11-28(17)22(31)18(26)20(32-33)19(16)29/h2,4,6,12,15,17,25H,3,5,7-11,13,33H2,1H3,(H,24,30)/b4-2-,14-6+/t15-,17-/m0/s1. The topological polar surface area (TPSA) is 95.9 Å². The maximum Gasteiger partial charge on any atom is 0.275 e. The summed E-state index contributed by atoms with van der Waals surface area (Å²) in [5.74, 6) is -0.794. The van der Waals surface area contributed by atoms with Gasteiger partial charge in [0.25, 0.3) is 11.8 Å². The fourth-order valence-electron chi connectivity index (χ4n) is 4.87. The SMILES string of the molecule is C/C(=C\C=C/CNI)CNC(=O)c1cn2c(c(OP)c1=O)C(=O)N1C[C@@H]3CCCCN3[C@@H]1C2. The summed E-state index contributed by atoms with van der Waals surface area (Å²) in [5.41, 5.74) is 0.560. The van der Waals surface area contributed by atoms with Gasteiger partial charge in [0.2, 0.25) is 5.43 Å². The summed E-state index contributed by atoms with van der Waals surface area (Å²) in [7, 11) is 2.04. The number of nitrogens with one attached hydrogen (secondary N) is 2. The molecule has 0 radical (unpaired) electrons. The summed E-state index contributed by atoms with van der Waals surface area (Å²) < 4.78 is 10.0. The first-order valence-electron chi connectivity index (χ1n) is 11.1. The number of pyridine rings is 1. The molecule has 2 fully saturated rings. The van der Waals surface area contributed by atoms with Crippen molar-refractivity contribution in [1.82, 2.24) is 23.2 Å². The Morgan fingerprint density at radius 2 is 2.15 bits per heavy atom. The van der Waals surface area contributed by atoms with E-state index >= 15 is 0 Å². The van der Waals surface area contributed by atoms with E-state index in [-0.39, 0.29) is 29.1 Å². The monoisotopic (exact) mass is 585 g/mol. The highest BCUT2D eigenvalue weighted by atomic mass is 127. The summed E-state index contributed by atoms with van der Waals surface area (Å²) in [6.07, 6.45) is 10.6.